The molecule has 4 heterocycles. The van der Waals surface area contributed by atoms with Crippen LogP contribution in [0.3, 0.4) is 0 Å². The van der Waals surface area contributed by atoms with E-state index in [1.807, 2.05) is 13.0 Å². The summed E-state index contributed by atoms with van der Waals surface area (Å²) in [6, 6.07) is 3.26. The van der Waals surface area contributed by atoms with Gasteiger partial charge in [-0.1, -0.05) is 25.6 Å². The van der Waals surface area contributed by atoms with Gasteiger partial charge in [-0.2, -0.15) is 5.10 Å². The molecule has 1 aliphatic rings. The number of aryl methyl sites for hydroxylation is 1. The van der Waals surface area contributed by atoms with E-state index in [-0.39, 0.29) is 19.1 Å². The van der Waals surface area contributed by atoms with Gasteiger partial charge in [-0.25, -0.2) is 9.67 Å². The van der Waals surface area contributed by atoms with Gasteiger partial charge in [0.25, 0.3) is 0 Å². The van der Waals surface area contributed by atoms with Crippen LogP contribution in [0.1, 0.15) is 46.9 Å². The molecule has 3 aromatic rings. The van der Waals surface area contributed by atoms with Gasteiger partial charge in [-0.15, -0.1) is 0 Å². The maximum absolute atomic E-state index is 10.1. The van der Waals surface area contributed by atoms with E-state index in [0.717, 1.165) is 54.1 Å². The van der Waals surface area contributed by atoms with Gasteiger partial charge < -0.3 is 19.3 Å². The van der Waals surface area contributed by atoms with Crippen molar-refractivity contribution >= 4 is 19.0 Å². The van der Waals surface area contributed by atoms with E-state index in [4.69, 9.17) is 12.5 Å². The molecule has 8 heteroatoms. The largest absolute Gasteiger partial charge is 0.378 e. The van der Waals surface area contributed by atoms with Crippen LogP contribution < -0.4 is 0 Å². The molecule has 7 nitrogen and oxygen atoms in total. The van der Waals surface area contributed by atoms with Crippen LogP contribution in [0, 0.1) is 18.8 Å². The van der Waals surface area contributed by atoms with Crippen molar-refractivity contribution in [3.63, 3.8) is 0 Å². The zero-order valence-electron chi connectivity index (χ0n) is 24.8. The van der Waals surface area contributed by atoms with E-state index >= 15 is 0 Å². The van der Waals surface area contributed by atoms with E-state index in [9.17, 15) is 5.11 Å². The fourth-order valence-electron chi connectivity index (χ4n) is 4.51. The highest BCUT2D eigenvalue weighted by Crippen LogP contribution is 2.36. The monoisotopic (exact) mass is 509 g/mol. The molecule has 0 atom stereocenters. The minimum Gasteiger partial charge on any atom is -0.378 e. The molecule has 0 unspecified atom stereocenters. The van der Waals surface area contributed by atoms with Crippen LogP contribution in [-0.2, 0) is 11.5 Å². The highest BCUT2D eigenvalue weighted by Gasteiger charge is 2.24. The van der Waals surface area contributed by atoms with Crippen molar-refractivity contribution < 1.29 is 12.6 Å². The summed E-state index contributed by atoms with van der Waals surface area (Å²) < 4.78 is 27.2. The maximum Gasteiger partial charge on any atom is 0.139 e. The molecule has 0 radical (unpaired) electrons. The molecule has 0 aromatic carbocycles. The zero-order chi connectivity index (χ0) is 27.8. The first-order valence-corrected chi connectivity index (χ1v) is 16.5. The van der Waals surface area contributed by atoms with Crippen molar-refractivity contribution in [3.05, 3.63) is 36.0 Å². The average molecular weight is 510 g/mol. The summed E-state index contributed by atoms with van der Waals surface area (Å²) >= 11 is 0. The second kappa shape index (κ2) is 10.5. The smallest absolute Gasteiger partial charge is 0.139 e. The number of rotatable bonds is 7. The molecule has 3 aromatic heterocycles. The number of hydrogen-bond donors (Lipinski definition) is 1. The van der Waals surface area contributed by atoms with Gasteiger partial charge in [0, 0.05) is 49.6 Å². The molecule has 1 saturated heterocycles. The Morgan fingerprint density at radius 3 is 2.67 bits per heavy atom. The molecule has 1 N–H and O–H groups in total. The van der Waals surface area contributed by atoms with E-state index in [1.165, 1.54) is 4.68 Å². The molecule has 1 aliphatic heterocycles. The SMILES string of the molecule is [2H]c1nn(COCC[Si](C)(C)C)c([2H])c1-c1cn(C2CCN(C)CC2)c2c(C)nc(C#CC(C)(C)O)cc12. The highest BCUT2D eigenvalue weighted by molar-refractivity contribution is 6.76. The lowest BCUT2D eigenvalue weighted by molar-refractivity contribution is 0.0786. The fourth-order valence-corrected chi connectivity index (χ4v) is 5.27. The standard InChI is InChI=1S/C28H41N5O2Si/c1-21-27-25(16-23(30-21)8-11-28(2,3)34)26(19-33(27)24-9-12-31(4)13-10-24)22-17-29-32(18-22)20-35-14-15-36(5,6)7/h16-19,24,34H,9-10,12-15,20H2,1-7H3/i17D,18D. The number of ether oxygens (including phenoxy) is 1. The van der Waals surface area contributed by atoms with E-state index in [2.05, 4.69) is 59.3 Å². The Morgan fingerprint density at radius 2 is 2.00 bits per heavy atom. The van der Waals surface area contributed by atoms with Crippen molar-refractivity contribution in [1.29, 1.82) is 0 Å². The van der Waals surface area contributed by atoms with Crippen molar-refractivity contribution in [2.45, 2.75) is 77.7 Å². The molecule has 194 valence electrons. The van der Waals surface area contributed by atoms with Crippen LogP contribution in [0.25, 0.3) is 22.0 Å². The summed E-state index contributed by atoms with van der Waals surface area (Å²) in [6.07, 6.45) is 4.34. The van der Waals surface area contributed by atoms with Gasteiger partial charge in [0.2, 0.25) is 0 Å². The van der Waals surface area contributed by atoms with Gasteiger partial charge in [-0.05, 0) is 71.8 Å². The van der Waals surface area contributed by atoms with Crippen molar-refractivity contribution in [1.82, 2.24) is 24.2 Å². The number of aliphatic hydroxyl groups is 1. The summed E-state index contributed by atoms with van der Waals surface area (Å²) in [6.45, 7) is 15.0. The summed E-state index contributed by atoms with van der Waals surface area (Å²) in [5.41, 5.74) is 2.54. The van der Waals surface area contributed by atoms with Gasteiger partial charge in [0.1, 0.15) is 18.0 Å². The Bertz CT molecular complexity index is 1370. The molecular formula is C28H41N5O2Si. The number of piperidine rings is 1. The maximum atomic E-state index is 10.1. The Hall–Kier alpha value is -2.44. The van der Waals surface area contributed by atoms with Gasteiger partial charge >= 0.3 is 0 Å². The topological polar surface area (TPSA) is 68.3 Å². The van der Waals surface area contributed by atoms with E-state index in [0.29, 0.717) is 23.9 Å². The van der Waals surface area contributed by atoms with E-state index < -0.39 is 13.7 Å². The Balaban J connectivity index is 1.79. The Kier molecular flexibility index (Phi) is 6.98. The minimum absolute atomic E-state index is 0.0600. The molecular weight excluding hydrogens is 466 g/mol. The molecule has 0 saturated carbocycles. The molecule has 0 spiro atoms. The van der Waals surface area contributed by atoms with Crippen LogP contribution in [-0.4, -0.2) is 69.8 Å². The number of pyridine rings is 1. The van der Waals surface area contributed by atoms with Crippen LogP contribution in [0.2, 0.25) is 25.7 Å². The lowest BCUT2D eigenvalue weighted by atomic mass is 10.0. The fraction of sp³-hybridized carbons (Fsp3) is 0.571. The van der Waals surface area contributed by atoms with Gasteiger partial charge in [0.05, 0.1) is 20.1 Å². The third-order valence-corrected chi connectivity index (χ3v) is 8.27. The third-order valence-electron chi connectivity index (χ3n) is 6.56. The Morgan fingerprint density at radius 1 is 1.28 bits per heavy atom. The summed E-state index contributed by atoms with van der Waals surface area (Å²) in [5.74, 6) is 5.87. The van der Waals surface area contributed by atoms with Crippen LogP contribution in [0.15, 0.2) is 24.6 Å². The average Bonchev–Trinajstić information content (AvgIpc) is 3.31. The van der Waals surface area contributed by atoms with Crippen LogP contribution in [0.4, 0.5) is 0 Å². The molecule has 0 amide bonds. The normalized spacial score (nSPS) is 16.7. The molecule has 36 heavy (non-hydrogen) atoms. The van der Waals surface area contributed by atoms with Crippen LogP contribution >= 0.6 is 0 Å². The molecule has 1 fully saturated rings. The predicted octanol–water partition coefficient (Wildman–Crippen LogP) is 4.91. The van der Waals surface area contributed by atoms with Crippen LogP contribution in [0.5, 0.6) is 0 Å². The summed E-state index contributed by atoms with van der Waals surface area (Å²) in [5, 5.41) is 15.4. The summed E-state index contributed by atoms with van der Waals surface area (Å²) in [7, 11) is 0.925. The zero-order valence-corrected chi connectivity index (χ0v) is 23.8. The first-order valence-electron chi connectivity index (χ1n) is 13.8. The molecule has 0 bridgehead atoms. The third kappa shape index (κ3) is 6.65. The lowest BCUT2D eigenvalue weighted by Crippen LogP contribution is -2.31. The second-order valence-corrected chi connectivity index (χ2v) is 17.4. The number of hydrogen-bond acceptors (Lipinski definition) is 5. The van der Waals surface area contributed by atoms with Gasteiger partial charge in [-0.3, -0.25) is 0 Å². The number of nitrogens with zero attached hydrogens (tertiary/aromatic N) is 5. The lowest BCUT2D eigenvalue weighted by Gasteiger charge is -2.30. The quantitative estimate of drug-likeness (QED) is 0.278. The number of fused-ring (bicyclic) bond motifs is 1. The van der Waals surface area contributed by atoms with Crippen molar-refractivity contribution in [3.8, 4) is 23.0 Å². The molecule has 4 rings (SSSR count). The predicted molar refractivity (Wildman–Crippen MR) is 149 cm³/mol. The van der Waals surface area contributed by atoms with Gasteiger partial charge in [0.15, 0.2) is 0 Å². The first kappa shape index (κ1) is 23.9. The summed E-state index contributed by atoms with van der Waals surface area (Å²) in [4.78, 5) is 7.10. The minimum atomic E-state index is -1.22. The second-order valence-electron chi connectivity index (χ2n) is 11.7. The van der Waals surface area contributed by atoms with Crippen molar-refractivity contribution in [2.24, 2.45) is 0 Å². The first-order chi connectivity index (χ1) is 17.7. The van der Waals surface area contributed by atoms with E-state index in [1.54, 1.807) is 13.8 Å². The highest BCUT2D eigenvalue weighted by atomic mass is 28.3. The molecule has 0 aliphatic carbocycles. The number of aromatic nitrogens is 4. The van der Waals surface area contributed by atoms with Crippen molar-refractivity contribution in [2.75, 3.05) is 26.7 Å². The Labute approximate surface area is 219 Å². The number of likely N-dealkylation sites (tertiary alicyclic amines) is 1.